The van der Waals surface area contributed by atoms with Gasteiger partial charge >= 0.3 is 5.97 Å². The summed E-state index contributed by atoms with van der Waals surface area (Å²) in [5.74, 6) is -3.29. The lowest BCUT2D eigenvalue weighted by atomic mass is 10.0. The molecule has 2 aromatic carbocycles. The predicted molar refractivity (Wildman–Crippen MR) is 99.0 cm³/mol. The van der Waals surface area contributed by atoms with Crippen molar-refractivity contribution in [1.29, 1.82) is 0 Å². The molecular formula is C21H16F2N2O3. The maximum Gasteiger partial charge on any atom is 0.339 e. The van der Waals surface area contributed by atoms with Crippen molar-refractivity contribution in [1.82, 2.24) is 4.98 Å². The Morgan fingerprint density at radius 1 is 1.04 bits per heavy atom. The van der Waals surface area contributed by atoms with Gasteiger partial charge in [-0.25, -0.2) is 13.6 Å². The predicted octanol–water partition coefficient (Wildman–Crippen LogP) is 3.80. The highest BCUT2D eigenvalue weighted by Gasteiger charge is 2.25. The first kappa shape index (κ1) is 18.0. The van der Waals surface area contributed by atoms with Crippen LogP contribution >= 0.6 is 0 Å². The molecule has 0 bridgehead atoms. The van der Waals surface area contributed by atoms with E-state index in [1.165, 1.54) is 6.07 Å². The first-order valence-corrected chi connectivity index (χ1v) is 8.86. The number of para-hydroxylation sites is 2. The molecule has 0 spiro atoms. The van der Waals surface area contributed by atoms with E-state index in [9.17, 15) is 18.4 Å². The highest BCUT2D eigenvalue weighted by Crippen LogP contribution is 2.30. The number of fused-ring (bicyclic) bond motifs is 2. The van der Waals surface area contributed by atoms with Crippen LogP contribution < -0.4 is 5.32 Å². The second kappa shape index (κ2) is 7.34. The molecule has 1 heterocycles. The van der Waals surface area contributed by atoms with Crippen molar-refractivity contribution in [2.75, 3.05) is 11.9 Å². The van der Waals surface area contributed by atoms with E-state index in [2.05, 4.69) is 10.3 Å². The Kier molecular flexibility index (Phi) is 4.73. The summed E-state index contributed by atoms with van der Waals surface area (Å²) >= 11 is 0. The van der Waals surface area contributed by atoms with E-state index in [-0.39, 0.29) is 0 Å². The summed E-state index contributed by atoms with van der Waals surface area (Å²) in [6.07, 6.45) is 2.39. The van der Waals surface area contributed by atoms with E-state index in [4.69, 9.17) is 4.74 Å². The zero-order chi connectivity index (χ0) is 19.7. The molecule has 142 valence electrons. The molecule has 7 heteroatoms. The molecule has 28 heavy (non-hydrogen) atoms. The van der Waals surface area contributed by atoms with Crippen LogP contribution in [0.25, 0.3) is 10.9 Å². The number of carbonyl (C=O) groups excluding carboxylic acids is 2. The van der Waals surface area contributed by atoms with Crippen molar-refractivity contribution < 1.29 is 23.1 Å². The fraction of sp³-hybridized carbons (Fsp3) is 0.190. The lowest BCUT2D eigenvalue weighted by molar-refractivity contribution is -0.119. The molecule has 0 fully saturated rings. The summed E-state index contributed by atoms with van der Waals surface area (Å²) in [5, 5.41) is 2.76. The van der Waals surface area contributed by atoms with E-state index in [1.54, 1.807) is 12.1 Å². The molecule has 0 saturated carbocycles. The summed E-state index contributed by atoms with van der Waals surface area (Å²) in [5.41, 5.74) is 2.22. The number of halogens is 2. The van der Waals surface area contributed by atoms with Crippen molar-refractivity contribution in [3.05, 3.63) is 70.9 Å². The normalized spacial score (nSPS) is 12.6. The molecule has 0 radical (unpaired) electrons. The van der Waals surface area contributed by atoms with Gasteiger partial charge in [0.25, 0.3) is 5.91 Å². The SMILES string of the molecule is O=C(COC(=O)c1c2c(nc3ccccc13)CCC2)Nc1c(F)cccc1F. The van der Waals surface area contributed by atoms with Crippen LogP contribution in [-0.2, 0) is 22.4 Å². The fourth-order valence-corrected chi connectivity index (χ4v) is 3.44. The van der Waals surface area contributed by atoms with Gasteiger partial charge in [0.05, 0.1) is 11.1 Å². The number of esters is 1. The van der Waals surface area contributed by atoms with Gasteiger partial charge in [-0.15, -0.1) is 0 Å². The van der Waals surface area contributed by atoms with Crippen LogP contribution in [0.3, 0.4) is 0 Å². The highest BCUT2D eigenvalue weighted by atomic mass is 19.1. The fourth-order valence-electron chi connectivity index (χ4n) is 3.44. The molecule has 0 saturated heterocycles. The van der Waals surface area contributed by atoms with Gasteiger partial charge in [0.15, 0.2) is 6.61 Å². The number of amides is 1. The number of aromatic nitrogens is 1. The molecule has 1 aliphatic rings. The van der Waals surface area contributed by atoms with Crippen molar-refractivity contribution in [2.45, 2.75) is 19.3 Å². The number of hydrogen-bond donors (Lipinski definition) is 1. The second-order valence-corrected chi connectivity index (χ2v) is 6.50. The van der Waals surface area contributed by atoms with Gasteiger partial charge in [-0.3, -0.25) is 9.78 Å². The smallest absolute Gasteiger partial charge is 0.339 e. The standard InChI is InChI=1S/C21H16F2N2O3/c22-14-7-4-8-15(23)20(14)25-18(26)11-28-21(27)19-12-5-1-2-9-16(12)24-17-10-3-6-13(17)19/h1-2,4-5,7-9H,3,6,10-11H2,(H,25,26). The quantitative estimate of drug-likeness (QED) is 0.697. The van der Waals surface area contributed by atoms with Crippen LogP contribution in [0.5, 0.6) is 0 Å². The van der Waals surface area contributed by atoms with Gasteiger partial charge in [-0.1, -0.05) is 24.3 Å². The van der Waals surface area contributed by atoms with E-state index in [1.807, 2.05) is 12.1 Å². The van der Waals surface area contributed by atoms with Crippen LogP contribution in [0.4, 0.5) is 14.5 Å². The maximum atomic E-state index is 13.6. The molecule has 3 aromatic rings. The number of nitrogens with one attached hydrogen (secondary N) is 1. The minimum Gasteiger partial charge on any atom is -0.452 e. The third-order valence-electron chi connectivity index (χ3n) is 4.68. The number of aryl methyl sites for hydroxylation is 1. The van der Waals surface area contributed by atoms with Crippen LogP contribution in [0, 0.1) is 11.6 Å². The summed E-state index contributed by atoms with van der Waals surface area (Å²) in [7, 11) is 0. The average Bonchev–Trinajstić information content (AvgIpc) is 3.15. The van der Waals surface area contributed by atoms with Crippen LogP contribution in [0.2, 0.25) is 0 Å². The van der Waals surface area contributed by atoms with E-state index in [0.29, 0.717) is 22.9 Å². The molecule has 0 unspecified atom stereocenters. The molecule has 0 atom stereocenters. The molecule has 0 aliphatic heterocycles. The summed E-state index contributed by atoms with van der Waals surface area (Å²) in [6, 6.07) is 10.5. The van der Waals surface area contributed by atoms with Gasteiger partial charge in [-0.2, -0.15) is 0 Å². The number of pyridine rings is 1. The lowest BCUT2D eigenvalue weighted by Crippen LogP contribution is -2.22. The van der Waals surface area contributed by atoms with Gasteiger partial charge in [0.1, 0.15) is 17.3 Å². The lowest BCUT2D eigenvalue weighted by Gasteiger charge is -2.12. The summed E-state index contributed by atoms with van der Waals surface area (Å²) < 4.78 is 32.4. The minimum absolute atomic E-state index is 0.406. The highest BCUT2D eigenvalue weighted by molar-refractivity contribution is 6.06. The molecule has 1 aromatic heterocycles. The van der Waals surface area contributed by atoms with E-state index < -0.39 is 35.8 Å². The Balaban J connectivity index is 1.54. The van der Waals surface area contributed by atoms with Crippen molar-refractivity contribution in [3.8, 4) is 0 Å². The number of benzene rings is 2. The molecule has 4 rings (SSSR count). The minimum atomic E-state index is -0.905. The Labute approximate surface area is 159 Å². The van der Waals surface area contributed by atoms with Crippen molar-refractivity contribution in [2.24, 2.45) is 0 Å². The Morgan fingerprint density at radius 2 is 1.79 bits per heavy atom. The molecule has 1 N–H and O–H groups in total. The number of carbonyl (C=O) groups is 2. The van der Waals surface area contributed by atoms with E-state index >= 15 is 0 Å². The van der Waals surface area contributed by atoms with E-state index in [0.717, 1.165) is 36.2 Å². The monoisotopic (exact) mass is 382 g/mol. The first-order chi connectivity index (χ1) is 13.5. The van der Waals surface area contributed by atoms with Gasteiger partial charge in [-0.05, 0) is 43.0 Å². The number of ether oxygens (including phenoxy) is 1. The van der Waals surface area contributed by atoms with Gasteiger partial charge in [0.2, 0.25) is 0 Å². The van der Waals surface area contributed by atoms with Gasteiger partial charge in [0, 0.05) is 11.1 Å². The van der Waals surface area contributed by atoms with Crippen molar-refractivity contribution in [3.63, 3.8) is 0 Å². The molecular weight excluding hydrogens is 366 g/mol. The topological polar surface area (TPSA) is 68.3 Å². The Morgan fingerprint density at radius 3 is 2.57 bits per heavy atom. The Hall–Kier alpha value is -3.35. The third kappa shape index (κ3) is 3.31. The molecule has 5 nitrogen and oxygen atoms in total. The first-order valence-electron chi connectivity index (χ1n) is 8.86. The van der Waals surface area contributed by atoms with Crippen LogP contribution in [-0.4, -0.2) is 23.5 Å². The molecule has 1 amide bonds. The zero-order valence-electron chi connectivity index (χ0n) is 14.8. The maximum absolute atomic E-state index is 13.6. The van der Waals surface area contributed by atoms with Gasteiger partial charge < -0.3 is 10.1 Å². The third-order valence-corrected chi connectivity index (χ3v) is 4.68. The average molecular weight is 382 g/mol. The summed E-state index contributed by atoms with van der Waals surface area (Å²) in [4.78, 5) is 29.3. The number of anilines is 1. The number of hydrogen-bond acceptors (Lipinski definition) is 4. The number of rotatable bonds is 4. The second-order valence-electron chi connectivity index (χ2n) is 6.50. The Bertz CT molecular complexity index is 1080. The van der Waals surface area contributed by atoms with Crippen LogP contribution in [0.1, 0.15) is 28.0 Å². The van der Waals surface area contributed by atoms with Crippen molar-refractivity contribution >= 4 is 28.5 Å². The molecule has 1 aliphatic carbocycles. The van der Waals surface area contributed by atoms with Crippen LogP contribution in [0.15, 0.2) is 42.5 Å². The number of nitrogens with zero attached hydrogens (tertiary/aromatic N) is 1. The zero-order valence-corrected chi connectivity index (χ0v) is 14.8. The summed E-state index contributed by atoms with van der Waals surface area (Å²) in [6.45, 7) is -0.655. The largest absolute Gasteiger partial charge is 0.452 e.